The highest BCUT2D eigenvalue weighted by atomic mass is 32.2. The van der Waals surface area contributed by atoms with E-state index >= 15 is 0 Å². The van der Waals surface area contributed by atoms with Gasteiger partial charge in [-0.05, 0) is 41.0 Å². The maximum absolute atomic E-state index is 13.0. The van der Waals surface area contributed by atoms with Crippen molar-refractivity contribution in [1.29, 1.82) is 0 Å². The van der Waals surface area contributed by atoms with Gasteiger partial charge >= 0.3 is 0 Å². The lowest BCUT2D eigenvalue weighted by atomic mass is 10.1. The monoisotopic (exact) mass is 590 g/mol. The fourth-order valence-electron chi connectivity index (χ4n) is 5.87. The Bertz CT molecular complexity index is 1650. The van der Waals surface area contributed by atoms with Gasteiger partial charge in [-0.1, -0.05) is 84.9 Å². The highest BCUT2D eigenvalue weighted by molar-refractivity contribution is 8.01. The summed E-state index contributed by atoms with van der Waals surface area (Å²) in [6.07, 6.45) is 0. The Balaban J connectivity index is 1.12. The molecule has 2 unspecified atom stereocenters. The van der Waals surface area contributed by atoms with Crippen LogP contribution in [0.3, 0.4) is 0 Å². The van der Waals surface area contributed by atoms with Crippen LogP contribution in [0.4, 0.5) is 11.4 Å². The average Bonchev–Trinajstić information content (AvgIpc) is 3.76. The quantitative estimate of drug-likeness (QED) is 0.246. The number of carbonyl (C=O) groups excluding carboxylic acids is 2. The first-order valence-electron chi connectivity index (χ1n) is 14.1. The van der Waals surface area contributed by atoms with Gasteiger partial charge in [-0.2, -0.15) is 0 Å². The van der Waals surface area contributed by atoms with Crippen LogP contribution in [0.15, 0.2) is 114 Å². The summed E-state index contributed by atoms with van der Waals surface area (Å²) in [6.45, 7) is 2.23. The molecule has 0 radical (unpaired) electrons. The maximum atomic E-state index is 13.0. The van der Waals surface area contributed by atoms with Crippen LogP contribution in [0, 0.1) is 0 Å². The molecule has 2 fully saturated rings. The molecule has 0 bridgehead atoms. The summed E-state index contributed by atoms with van der Waals surface area (Å²) in [4.78, 5) is 37.0. The van der Waals surface area contributed by atoms with Crippen LogP contribution < -0.4 is 9.80 Å². The molecule has 0 N–H and O–H groups in total. The molecule has 210 valence electrons. The lowest BCUT2D eigenvalue weighted by molar-refractivity contribution is -0.116. The first-order chi connectivity index (χ1) is 20.7. The zero-order valence-corrected chi connectivity index (χ0v) is 24.6. The molecule has 0 spiro atoms. The van der Waals surface area contributed by atoms with Crippen LogP contribution >= 0.6 is 23.5 Å². The van der Waals surface area contributed by atoms with Crippen LogP contribution in [0.2, 0.25) is 0 Å². The third-order valence-corrected chi connectivity index (χ3v) is 10.2. The van der Waals surface area contributed by atoms with Gasteiger partial charge in [-0.15, -0.1) is 23.5 Å². The molecular formula is C34H30N4O2S2. The van der Waals surface area contributed by atoms with Crippen LogP contribution in [0.25, 0.3) is 0 Å². The van der Waals surface area contributed by atoms with Gasteiger partial charge in [-0.25, -0.2) is 0 Å². The van der Waals surface area contributed by atoms with E-state index in [1.165, 1.54) is 0 Å². The number of hydrogen-bond acceptors (Lipinski definition) is 6. The van der Waals surface area contributed by atoms with Crippen LogP contribution in [-0.2, 0) is 16.1 Å². The summed E-state index contributed by atoms with van der Waals surface area (Å²) in [5, 5.41) is -0.0590. The fourth-order valence-corrected chi connectivity index (χ4v) is 8.22. The van der Waals surface area contributed by atoms with E-state index in [0.717, 1.165) is 52.6 Å². The molecule has 42 heavy (non-hydrogen) atoms. The van der Waals surface area contributed by atoms with Crippen LogP contribution in [-0.4, -0.2) is 47.1 Å². The maximum Gasteiger partial charge on any atom is 0.238 e. The summed E-state index contributed by atoms with van der Waals surface area (Å²) in [5.74, 6) is 2.14. The number of hydrogen-bond donors (Lipinski definition) is 0. The highest BCUT2D eigenvalue weighted by Gasteiger charge is 2.35. The minimum Gasteiger partial charge on any atom is -0.350 e. The van der Waals surface area contributed by atoms with E-state index in [2.05, 4.69) is 53.4 Å². The van der Waals surface area contributed by atoms with Crippen LogP contribution in [0.5, 0.6) is 0 Å². The van der Waals surface area contributed by atoms with Gasteiger partial charge in [0.25, 0.3) is 0 Å². The Morgan fingerprint density at radius 2 is 1.24 bits per heavy atom. The Morgan fingerprint density at radius 1 is 0.667 bits per heavy atom. The second kappa shape index (κ2) is 11.7. The number of amides is 2. The van der Waals surface area contributed by atoms with Crippen molar-refractivity contribution in [3.63, 3.8) is 0 Å². The van der Waals surface area contributed by atoms with E-state index in [0.29, 0.717) is 18.1 Å². The lowest BCUT2D eigenvalue weighted by Crippen LogP contribution is -2.30. The first-order valence-corrected chi connectivity index (χ1v) is 16.2. The molecule has 2 amide bonds. The second-order valence-electron chi connectivity index (χ2n) is 10.5. The van der Waals surface area contributed by atoms with E-state index in [4.69, 9.17) is 4.99 Å². The summed E-state index contributed by atoms with van der Waals surface area (Å²) in [6, 6.07) is 37.0. The zero-order valence-electron chi connectivity index (χ0n) is 23.0. The summed E-state index contributed by atoms with van der Waals surface area (Å²) < 4.78 is 0. The predicted molar refractivity (Wildman–Crippen MR) is 173 cm³/mol. The number of anilines is 2. The molecule has 0 saturated carbocycles. The van der Waals surface area contributed by atoms with Gasteiger partial charge in [0.2, 0.25) is 11.8 Å². The van der Waals surface area contributed by atoms with Gasteiger partial charge in [0.05, 0.1) is 18.1 Å². The largest absolute Gasteiger partial charge is 0.350 e. The molecule has 2 saturated heterocycles. The van der Waals surface area contributed by atoms with E-state index in [1.807, 2.05) is 70.5 Å². The Kier molecular flexibility index (Phi) is 7.48. The number of benzene rings is 4. The van der Waals surface area contributed by atoms with E-state index < -0.39 is 0 Å². The topological polar surface area (TPSA) is 56.2 Å². The lowest BCUT2D eigenvalue weighted by Gasteiger charge is -2.27. The molecule has 0 aliphatic carbocycles. The van der Waals surface area contributed by atoms with Crippen molar-refractivity contribution in [2.24, 2.45) is 4.99 Å². The molecule has 3 aliphatic heterocycles. The van der Waals surface area contributed by atoms with Crippen molar-refractivity contribution < 1.29 is 9.59 Å². The molecular weight excluding hydrogens is 561 g/mol. The molecule has 0 aromatic heterocycles. The Labute approximate surface area is 254 Å². The Hall–Kier alpha value is -4.01. The number of carbonyl (C=O) groups is 2. The molecule has 7 rings (SSSR count). The Morgan fingerprint density at radius 3 is 1.86 bits per heavy atom. The van der Waals surface area contributed by atoms with Crippen molar-refractivity contribution in [3.05, 3.63) is 131 Å². The van der Waals surface area contributed by atoms with E-state index in [-0.39, 0.29) is 22.6 Å². The minimum absolute atomic E-state index is 0.0215. The molecule has 3 aliphatic rings. The molecule has 4 aromatic carbocycles. The number of rotatable bonds is 7. The highest BCUT2D eigenvalue weighted by Crippen LogP contribution is 2.43. The smallest absolute Gasteiger partial charge is 0.238 e. The molecule has 6 nitrogen and oxygen atoms in total. The van der Waals surface area contributed by atoms with Crippen molar-refractivity contribution >= 4 is 52.5 Å². The van der Waals surface area contributed by atoms with E-state index in [9.17, 15) is 9.59 Å². The second-order valence-corrected chi connectivity index (χ2v) is 12.7. The van der Waals surface area contributed by atoms with Gasteiger partial charge < -0.3 is 4.90 Å². The van der Waals surface area contributed by atoms with Gasteiger partial charge in [0.15, 0.2) is 0 Å². The molecule has 8 heteroatoms. The number of nitrogens with zero attached hydrogens (tertiary/aromatic N) is 4. The van der Waals surface area contributed by atoms with Gasteiger partial charge in [0.1, 0.15) is 16.6 Å². The average molecular weight is 591 g/mol. The third-order valence-electron chi connectivity index (χ3n) is 7.78. The van der Waals surface area contributed by atoms with Crippen molar-refractivity contribution in [2.75, 3.05) is 34.4 Å². The SMILES string of the molecule is O=C1CSC(c2ccccc2)N1c1cccc(CN2CCN=C2c2cccc(N3C(=O)CSC3c3ccccc3)c2)c1. The molecule has 4 aromatic rings. The third kappa shape index (κ3) is 5.21. The molecule has 3 heterocycles. The van der Waals surface area contributed by atoms with Crippen LogP contribution in [0.1, 0.15) is 33.0 Å². The number of aliphatic imine (C=N–C) groups is 1. The van der Waals surface area contributed by atoms with E-state index in [1.54, 1.807) is 23.5 Å². The molecule has 2 atom stereocenters. The first kappa shape index (κ1) is 26.9. The standard InChI is InChI=1S/C34H30N4O2S2/c39-30-22-41-33(25-10-3-1-4-11-25)37(30)28-15-7-9-24(19-28)21-36-18-17-35-32(36)27-14-8-16-29(20-27)38-31(40)23-42-34(38)26-12-5-2-6-13-26/h1-16,19-20,33-34H,17-18,21-23H2. The predicted octanol–water partition coefficient (Wildman–Crippen LogP) is 6.51. The van der Waals surface area contributed by atoms with Crippen molar-refractivity contribution in [1.82, 2.24) is 4.90 Å². The zero-order chi connectivity index (χ0) is 28.5. The summed E-state index contributed by atoms with van der Waals surface area (Å²) >= 11 is 3.33. The normalized spacial score (nSPS) is 20.5. The summed E-state index contributed by atoms with van der Waals surface area (Å²) in [7, 11) is 0. The minimum atomic E-state index is -0.0375. The van der Waals surface area contributed by atoms with Crippen molar-refractivity contribution in [3.8, 4) is 0 Å². The van der Waals surface area contributed by atoms with Gasteiger partial charge in [-0.3, -0.25) is 24.4 Å². The van der Waals surface area contributed by atoms with Gasteiger partial charge in [0, 0.05) is 30.0 Å². The fraction of sp³-hybridized carbons (Fsp3) is 0.206. The number of amidine groups is 1. The number of thioether (sulfide) groups is 2. The summed E-state index contributed by atoms with van der Waals surface area (Å²) in [5.41, 5.74) is 6.22. The van der Waals surface area contributed by atoms with Crippen molar-refractivity contribution in [2.45, 2.75) is 17.3 Å².